The zero-order chi connectivity index (χ0) is 20.7. The van der Waals surface area contributed by atoms with E-state index in [2.05, 4.69) is 0 Å². The molecule has 150 valence electrons. The molecule has 1 aromatic carbocycles. The van der Waals surface area contributed by atoms with Crippen molar-refractivity contribution in [1.29, 1.82) is 5.26 Å². The van der Waals surface area contributed by atoms with Gasteiger partial charge < -0.3 is 15.2 Å². The lowest BCUT2D eigenvalue weighted by atomic mass is 10.2. The summed E-state index contributed by atoms with van der Waals surface area (Å²) in [6, 6.07) is 5.93. The maximum Gasteiger partial charge on any atom is 0.417 e. The molecule has 1 aliphatic carbocycles. The van der Waals surface area contributed by atoms with Crippen LogP contribution in [0.15, 0.2) is 29.2 Å². The lowest BCUT2D eigenvalue weighted by molar-refractivity contribution is -0.139. The Kier molecular flexibility index (Phi) is 8.05. The van der Waals surface area contributed by atoms with Gasteiger partial charge in [0.15, 0.2) is 9.84 Å². The molecule has 27 heavy (non-hydrogen) atoms. The van der Waals surface area contributed by atoms with Crippen LogP contribution in [0.1, 0.15) is 24.8 Å². The van der Waals surface area contributed by atoms with Crippen molar-refractivity contribution >= 4 is 15.9 Å². The van der Waals surface area contributed by atoms with Gasteiger partial charge in [-0.05, 0) is 31.4 Å². The predicted molar refractivity (Wildman–Crippen MR) is 88.7 cm³/mol. The number of nitrogens with zero attached hydrogens (tertiary/aromatic N) is 1. The number of nitrogens with one attached hydrogen (secondary N) is 1. The summed E-state index contributed by atoms with van der Waals surface area (Å²) in [5.41, 5.74) is -1.10. The Bertz CT molecular complexity index is 790. The van der Waals surface area contributed by atoms with Crippen LogP contribution in [0.4, 0.5) is 18.0 Å². The fourth-order valence-corrected chi connectivity index (χ4v) is 4.67. The van der Waals surface area contributed by atoms with E-state index in [1.54, 1.807) is 6.07 Å². The third-order valence-electron chi connectivity index (χ3n) is 3.93. The number of hydrogen-bond acceptors (Lipinski definition) is 5. The number of sulfone groups is 1. The molecule has 0 saturated heterocycles. The van der Waals surface area contributed by atoms with Gasteiger partial charge in [-0.25, -0.2) is 13.2 Å². The van der Waals surface area contributed by atoms with Gasteiger partial charge in [0.1, 0.15) is 6.54 Å². The first-order chi connectivity index (χ1) is 12.5. The molecule has 2 rings (SSSR count). The maximum absolute atomic E-state index is 12.9. The third-order valence-corrected chi connectivity index (χ3v) is 6.20. The van der Waals surface area contributed by atoms with Crippen molar-refractivity contribution in [3.63, 3.8) is 0 Å². The molecule has 1 aromatic rings. The largest absolute Gasteiger partial charge is 0.465 e. The van der Waals surface area contributed by atoms with Crippen molar-refractivity contribution in [3.8, 4) is 6.07 Å². The summed E-state index contributed by atoms with van der Waals surface area (Å²) in [6.45, 7) is -0.144. The first kappa shape index (κ1) is 22.7. The van der Waals surface area contributed by atoms with Gasteiger partial charge in [0.25, 0.3) is 0 Å². The van der Waals surface area contributed by atoms with Crippen molar-refractivity contribution in [2.24, 2.45) is 0 Å². The molecule has 2 N–H and O–H groups in total. The van der Waals surface area contributed by atoms with Gasteiger partial charge in [0.2, 0.25) is 0 Å². The van der Waals surface area contributed by atoms with Gasteiger partial charge in [-0.15, -0.1) is 0 Å². The van der Waals surface area contributed by atoms with Crippen molar-refractivity contribution in [2.45, 2.75) is 41.7 Å². The van der Waals surface area contributed by atoms with Gasteiger partial charge in [0.05, 0.1) is 27.9 Å². The van der Waals surface area contributed by atoms with Crippen molar-refractivity contribution in [3.05, 3.63) is 29.8 Å². The summed E-state index contributed by atoms with van der Waals surface area (Å²) in [4.78, 5) is 8.87. The van der Waals surface area contributed by atoms with E-state index in [-0.39, 0.29) is 19.1 Å². The Morgan fingerprint density at radius 1 is 1.37 bits per heavy atom. The molecular formula is C16H19F3N2O5S. The smallest absolute Gasteiger partial charge is 0.417 e. The molecule has 1 fully saturated rings. The van der Waals surface area contributed by atoms with Gasteiger partial charge in [0, 0.05) is 7.11 Å². The molecule has 0 spiro atoms. The molecule has 1 aliphatic rings. The average molecular weight is 408 g/mol. The van der Waals surface area contributed by atoms with E-state index in [4.69, 9.17) is 15.1 Å². The van der Waals surface area contributed by atoms with Crippen LogP contribution < -0.4 is 5.32 Å². The number of carbonyl (C=O) groups is 1. The highest BCUT2D eigenvalue weighted by Crippen LogP contribution is 2.38. The summed E-state index contributed by atoms with van der Waals surface area (Å²) in [5, 5.41) is 16.6. The Morgan fingerprint density at radius 2 is 2.00 bits per heavy atom. The molecular weight excluding hydrogens is 389 g/mol. The van der Waals surface area contributed by atoms with Crippen LogP contribution in [0, 0.1) is 11.3 Å². The SMILES string of the molecule is CO[C@@H]1CC[C@@H](S(=O)(=O)c2ccccc2C(F)(F)F)C1.N#CCNC(=O)O. The Balaban J connectivity index is 0.000000445. The quantitative estimate of drug-likeness (QED) is 0.740. The average Bonchev–Trinajstić information content (AvgIpc) is 3.10. The van der Waals surface area contributed by atoms with Crippen LogP contribution in [0.25, 0.3) is 0 Å². The Labute approximate surface area is 154 Å². The number of nitriles is 1. The number of rotatable bonds is 4. The van der Waals surface area contributed by atoms with Crippen LogP contribution in [0.2, 0.25) is 0 Å². The zero-order valence-corrected chi connectivity index (χ0v) is 15.2. The number of alkyl halides is 3. The number of hydrogen-bond donors (Lipinski definition) is 2. The molecule has 0 aliphatic heterocycles. The van der Waals surface area contributed by atoms with Crippen LogP contribution in [-0.2, 0) is 20.8 Å². The highest BCUT2D eigenvalue weighted by molar-refractivity contribution is 7.92. The molecule has 0 heterocycles. The standard InChI is InChI=1S/C13H15F3O3S.C3H4N2O2/c1-19-9-6-7-10(8-9)20(17,18)12-5-3-2-4-11(12)13(14,15)16;4-1-2-5-3(6)7/h2-5,9-10H,6-8H2,1H3;5H,2H2,(H,6,7)/t9-,10-;/m1./s1. The number of halogens is 3. The normalized spacial score (nSPS) is 19.5. The second-order valence-electron chi connectivity index (χ2n) is 5.65. The summed E-state index contributed by atoms with van der Waals surface area (Å²) < 4.78 is 68.7. The van der Waals surface area contributed by atoms with E-state index in [1.807, 2.05) is 5.32 Å². The lowest BCUT2D eigenvalue weighted by Crippen LogP contribution is -2.23. The molecule has 1 amide bonds. The molecule has 0 radical (unpaired) electrons. The van der Waals surface area contributed by atoms with Crippen molar-refractivity contribution < 1.29 is 36.2 Å². The highest BCUT2D eigenvalue weighted by atomic mass is 32.2. The maximum atomic E-state index is 12.9. The molecule has 0 aromatic heterocycles. The van der Waals surface area contributed by atoms with Crippen molar-refractivity contribution in [1.82, 2.24) is 5.32 Å². The predicted octanol–water partition coefficient (Wildman–Crippen LogP) is 2.82. The van der Waals surface area contributed by atoms with Crippen LogP contribution in [0.3, 0.4) is 0 Å². The van der Waals surface area contributed by atoms with Crippen LogP contribution >= 0.6 is 0 Å². The summed E-state index contributed by atoms with van der Waals surface area (Å²) in [6.07, 6.45) is -4.93. The third kappa shape index (κ3) is 6.41. The topological polar surface area (TPSA) is 116 Å². The summed E-state index contributed by atoms with van der Waals surface area (Å²) in [7, 11) is -2.52. The van der Waals surface area contributed by atoms with E-state index in [9.17, 15) is 26.4 Å². The van der Waals surface area contributed by atoms with Gasteiger partial charge in [-0.3, -0.25) is 0 Å². The second kappa shape index (κ2) is 9.57. The van der Waals surface area contributed by atoms with E-state index in [0.29, 0.717) is 12.8 Å². The van der Waals surface area contributed by atoms with Gasteiger partial charge in [-0.2, -0.15) is 18.4 Å². The first-order valence-corrected chi connectivity index (χ1v) is 9.35. The van der Waals surface area contributed by atoms with E-state index < -0.39 is 37.8 Å². The first-order valence-electron chi connectivity index (χ1n) is 7.80. The van der Waals surface area contributed by atoms with Crippen LogP contribution in [0.5, 0.6) is 0 Å². The molecule has 0 bridgehead atoms. The number of ether oxygens (including phenoxy) is 1. The van der Waals surface area contributed by atoms with Gasteiger partial charge >= 0.3 is 12.3 Å². The molecule has 1 saturated carbocycles. The number of carboxylic acid groups (broad SMARTS) is 1. The number of methoxy groups -OCH3 is 1. The molecule has 0 unspecified atom stereocenters. The minimum Gasteiger partial charge on any atom is -0.465 e. The Hall–Kier alpha value is -2.32. The lowest BCUT2D eigenvalue weighted by Gasteiger charge is -2.17. The minimum absolute atomic E-state index is 0.144. The minimum atomic E-state index is -4.68. The van der Waals surface area contributed by atoms with E-state index in [1.165, 1.54) is 19.2 Å². The van der Waals surface area contributed by atoms with Crippen molar-refractivity contribution in [2.75, 3.05) is 13.7 Å². The molecule has 2 atom stereocenters. The van der Waals surface area contributed by atoms with E-state index in [0.717, 1.165) is 12.1 Å². The summed E-state index contributed by atoms with van der Waals surface area (Å²) >= 11 is 0. The van der Waals surface area contributed by atoms with Crippen LogP contribution in [-0.4, -0.2) is 44.6 Å². The van der Waals surface area contributed by atoms with Gasteiger partial charge in [-0.1, -0.05) is 12.1 Å². The molecule has 7 nitrogen and oxygen atoms in total. The summed E-state index contributed by atoms with van der Waals surface area (Å²) in [5.74, 6) is 0. The number of amides is 1. The molecule has 11 heteroatoms. The number of benzene rings is 1. The zero-order valence-electron chi connectivity index (χ0n) is 14.4. The Morgan fingerprint density at radius 3 is 2.44 bits per heavy atom. The second-order valence-corrected chi connectivity index (χ2v) is 7.85. The highest BCUT2D eigenvalue weighted by Gasteiger charge is 2.41. The monoisotopic (exact) mass is 408 g/mol. The van der Waals surface area contributed by atoms with E-state index >= 15 is 0 Å². The fraction of sp³-hybridized carbons (Fsp3) is 0.500. The fourth-order valence-electron chi connectivity index (χ4n) is 2.64.